The summed E-state index contributed by atoms with van der Waals surface area (Å²) in [6, 6.07) is 5.89. The molecular formula is C10H13NOS. The van der Waals surface area contributed by atoms with Crippen molar-refractivity contribution in [1.82, 2.24) is 5.32 Å². The summed E-state index contributed by atoms with van der Waals surface area (Å²) in [4.78, 5) is 0.755. The third kappa shape index (κ3) is 2.18. The highest BCUT2D eigenvalue weighted by Gasteiger charge is 2.02. The second kappa shape index (κ2) is 4.23. The van der Waals surface area contributed by atoms with Crippen LogP contribution in [-0.2, 0) is 0 Å². The second-order valence-corrected chi connectivity index (χ2v) is 3.17. The molecule has 2 nitrogen and oxygen atoms in total. The topological polar surface area (TPSA) is 21.3 Å². The van der Waals surface area contributed by atoms with Gasteiger partial charge in [-0.1, -0.05) is 12.2 Å². The zero-order valence-corrected chi connectivity index (χ0v) is 8.87. The summed E-state index contributed by atoms with van der Waals surface area (Å²) in [5.74, 6) is 0.891. The highest BCUT2D eigenvalue weighted by atomic mass is 32.1. The van der Waals surface area contributed by atoms with Crippen molar-refractivity contribution in [1.29, 1.82) is 0 Å². The number of ether oxygens (including phenoxy) is 1. The Balaban J connectivity index is 3.02. The normalized spacial score (nSPS) is 9.46. The van der Waals surface area contributed by atoms with Gasteiger partial charge in [0, 0.05) is 12.6 Å². The van der Waals surface area contributed by atoms with Crippen molar-refractivity contribution in [2.45, 2.75) is 6.92 Å². The average molecular weight is 195 g/mol. The van der Waals surface area contributed by atoms with Crippen LogP contribution in [0.1, 0.15) is 11.1 Å². The van der Waals surface area contributed by atoms with E-state index in [0.29, 0.717) is 0 Å². The molecule has 0 radical (unpaired) electrons. The van der Waals surface area contributed by atoms with E-state index in [1.807, 2.05) is 32.2 Å². The molecule has 1 rings (SSSR count). The van der Waals surface area contributed by atoms with Gasteiger partial charge in [0.1, 0.15) is 10.7 Å². The Bertz CT molecular complexity index is 323. The van der Waals surface area contributed by atoms with Crippen LogP contribution in [0, 0.1) is 6.92 Å². The molecule has 0 heterocycles. The summed E-state index contributed by atoms with van der Waals surface area (Å²) in [6.07, 6.45) is 0. The van der Waals surface area contributed by atoms with Crippen LogP contribution in [0.25, 0.3) is 0 Å². The maximum Gasteiger partial charge on any atom is 0.121 e. The molecule has 3 heteroatoms. The van der Waals surface area contributed by atoms with Gasteiger partial charge in [0.05, 0.1) is 7.11 Å². The van der Waals surface area contributed by atoms with E-state index in [-0.39, 0.29) is 0 Å². The fraction of sp³-hybridized carbons (Fsp3) is 0.300. The van der Waals surface area contributed by atoms with Crippen LogP contribution in [0.5, 0.6) is 5.75 Å². The highest BCUT2D eigenvalue weighted by Crippen LogP contribution is 2.18. The summed E-state index contributed by atoms with van der Waals surface area (Å²) < 4.78 is 5.15. The molecule has 0 aliphatic rings. The molecule has 0 atom stereocenters. The molecule has 1 N–H and O–H groups in total. The van der Waals surface area contributed by atoms with Crippen molar-refractivity contribution in [3.8, 4) is 5.75 Å². The van der Waals surface area contributed by atoms with Gasteiger partial charge in [0.25, 0.3) is 0 Å². The molecule has 0 aliphatic heterocycles. The number of nitrogens with one attached hydrogen (secondary N) is 1. The minimum Gasteiger partial charge on any atom is -0.496 e. The predicted molar refractivity (Wildman–Crippen MR) is 58.5 cm³/mol. The first-order valence-corrected chi connectivity index (χ1v) is 4.46. The van der Waals surface area contributed by atoms with Gasteiger partial charge in [-0.15, -0.1) is 0 Å². The average Bonchev–Trinajstić information content (AvgIpc) is 2.16. The molecule has 13 heavy (non-hydrogen) atoms. The molecule has 0 spiro atoms. The van der Waals surface area contributed by atoms with Crippen LogP contribution in [-0.4, -0.2) is 19.1 Å². The third-order valence-electron chi connectivity index (χ3n) is 1.88. The van der Waals surface area contributed by atoms with Crippen molar-refractivity contribution in [3.63, 3.8) is 0 Å². The van der Waals surface area contributed by atoms with Crippen molar-refractivity contribution in [2.24, 2.45) is 0 Å². The van der Waals surface area contributed by atoms with Crippen molar-refractivity contribution >= 4 is 17.2 Å². The van der Waals surface area contributed by atoms with Gasteiger partial charge >= 0.3 is 0 Å². The van der Waals surface area contributed by atoms with Crippen LogP contribution < -0.4 is 10.1 Å². The van der Waals surface area contributed by atoms with Gasteiger partial charge in [-0.25, -0.2) is 0 Å². The molecule has 70 valence electrons. The zero-order chi connectivity index (χ0) is 9.84. The number of hydrogen-bond donors (Lipinski definition) is 1. The molecule has 0 aliphatic carbocycles. The minimum atomic E-state index is 0.755. The predicted octanol–water partition coefficient (Wildman–Crippen LogP) is 1.90. The van der Waals surface area contributed by atoms with Gasteiger partial charge in [-0.2, -0.15) is 0 Å². The number of hydrogen-bond acceptors (Lipinski definition) is 2. The molecule has 0 amide bonds. The van der Waals surface area contributed by atoms with E-state index in [9.17, 15) is 0 Å². The monoisotopic (exact) mass is 195 g/mol. The zero-order valence-electron chi connectivity index (χ0n) is 8.05. The first kappa shape index (κ1) is 9.99. The Morgan fingerprint density at radius 2 is 2.15 bits per heavy atom. The Hall–Kier alpha value is -1.09. The Labute approximate surface area is 83.9 Å². The van der Waals surface area contributed by atoms with Crippen molar-refractivity contribution in [3.05, 3.63) is 29.3 Å². The molecule has 0 fully saturated rings. The van der Waals surface area contributed by atoms with Gasteiger partial charge in [-0.3, -0.25) is 0 Å². The first-order valence-electron chi connectivity index (χ1n) is 4.05. The van der Waals surface area contributed by atoms with Crippen LogP contribution in [0.2, 0.25) is 0 Å². The molecule has 0 saturated heterocycles. The van der Waals surface area contributed by atoms with Crippen molar-refractivity contribution < 1.29 is 4.74 Å². The van der Waals surface area contributed by atoms with Crippen molar-refractivity contribution in [2.75, 3.05) is 14.2 Å². The van der Waals surface area contributed by atoms with E-state index in [4.69, 9.17) is 17.0 Å². The Kier molecular flexibility index (Phi) is 3.25. The first-order chi connectivity index (χ1) is 6.19. The van der Waals surface area contributed by atoms with E-state index >= 15 is 0 Å². The summed E-state index contributed by atoms with van der Waals surface area (Å²) >= 11 is 5.11. The SMILES string of the molecule is CNC(=S)c1ccc(OC)c(C)c1. The number of thiocarbonyl (C=S) groups is 1. The summed E-state index contributed by atoms with van der Waals surface area (Å²) in [5.41, 5.74) is 2.12. The standard InChI is InChI=1S/C10H13NOS/c1-7-6-8(10(13)11-2)4-5-9(7)12-3/h4-6H,1-3H3,(H,11,13). The second-order valence-electron chi connectivity index (χ2n) is 2.76. The van der Waals surface area contributed by atoms with Gasteiger partial charge in [0.15, 0.2) is 0 Å². The summed E-state index contributed by atoms with van der Waals surface area (Å²) in [7, 11) is 3.49. The maximum atomic E-state index is 5.15. The number of benzene rings is 1. The van der Waals surface area contributed by atoms with Gasteiger partial charge in [-0.05, 0) is 30.7 Å². The fourth-order valence-electron chi connectivity index (χ4n) is 1.16. The van der Waals surface area contributed by atoms with Crippen LogP contribution >= 0.6 is 12.2 Å². The maximum absolute atomic E-state index is 5.15. The Morgan fingerprint density at radius 1 is 1.46 bits per heavy atom. The fourth-order valence-corrected chi connectivity index (χ4v) is 1.29. The lowest BCUT2D eigenvalue weighted by Crippen LogP contribution is -2.16. The van der Waals surface area contributed by atoms with E-state index < -0.39 is 0 Å². The van der Waals surface area contributed by atoms with E-state index in [1.54, 1.807) is 7.11 Å². The molecule has 0 bridgehead atoms. The summed E-state index contributed by atoms with van der Waals surface area (Å²) in [6.45, 7) is 2.00. The third-order valence-corrected chi connectivity index (χ3v) is 2.32. The molecule has 0 aromatic heterocycles. The Morgan fingerprint density at radius 3 is 2.62 bits per heavy atom. The highest BCUT2D eigenvalue weighted by molar-refractivity contribution is 7.80. The van der Waals surface area contributed by atoms with Gasteiger partial charge in [0.2, 0.25) is 0 Å². The largest absolute Gasteiger partial charge is 0.496 e. The van der Waals surface area contributed by atoms with E-state index in [1.165, 1.54) is 0 Å². The van der Waals surface area contributed by atoms with Gasteiger partial charge < -0.3 is 10.1 Å². The lowest BCUT2D eigenvalue weighted by Gasteiger charge is -2.07. The lowest BCUT2D eigenvalue weighted by molar-refractivity contribution is 0.411. The van der Waals surface area contributed by atoms with Crippen LogP contribution in [0.15, 0.2) is 18.2 Å². The molecule has 1 aromatic carbocycles. The quantitative estimate of drug-likeness (QED) is 0.728. The minimum absolute atomic E-state index is 0.755. The molecule has 0 saturated carbocycles. The molecular weight excluding hydrogens is 182 g/mol. The summed E-state index contributed by atoms with van der Waals surface area (Å²) in [5, 5.41) is 2.94. The lowest BCUT2D eigenvalue weighted by atomic mass is 10.1. The molecule has 1 aromatic rings. The number of rotatable bonds is 2. The molecule has 0 unspecified atom stereocenters. The van der Waals surface area contributed by atoms with E-state index in [2.05, 4.69) is 5.32 Å². The van der Waals surface area contributed by atoms with Crippen LogP contribution in [0.4, 0.5) is 0 Å². The smallest absolute Gasteiger partial charge is 0.121 e. The number of methoxy groups -OCH3 is 1. The van der Waals surface area contributed by atoms with E-state index in [0.717, 1.165) is 21.9 Å². The van der Waals surface area contributed by atoms with Crippen LogP contribution in [0.3, 0.4) is 0 Å². The number of aryl methyl sites for hydroxylation is 1.